The number of hydrogen-bond donors (Lipinski definition) is 1. The summed E-state index contributed by atoms with van der Waals surface area (Å²) in [5, 5.41) is 2.69. The van der Waals surface area contributed by atoms with Crippen LogP contribution in [-0.2, 0) is 9.53 Å². The molecular weight excluding hydrogens is 280 g/mol. The van der Waals surface area contributed by atoms with Crippen molar-refractivity contribution >= 4 is 12.0 Å². The first-order chi connectivity index (χ1) is 10.3. The zero-order valence-corrected chi connectivity index (χ0v) is 14.6. The Hall–Kier alpha value is -1.26. The Bertz CT molecular complexity index is 355. The molecule has 5 heteroatoms. The molecular formula is C17H32N2O3. The van der Waals surface area contributed by atoms with E-state index in [0.717, 1.165) is 12.8 Å². The molecule has 2 amide bonds. The number of hydrogen-bond acceptors (Lipinski definition) is 3. The van der Waals surface area contributed by atoms with E-state index in [-0.39, 0.29) is 5.91 Å². The van der Waals surface area contributed by atoms with E-state index in [1.165, 1.54) is 25.7 Å². The molecule has 0 aromatic rings. The first-order valence-electron chi connectivity index (χ1n) is 8.52. The lowest BCUT2D eigenvalue weighted by Crippen LogP contribution is -2.37. The Morgan fingerprint density at radius 2 is 1.73 bits per heavy atom. The van der Waals surface area contributed by atoms with E-state index in [0.29, 0.717) is 25.4 Å². The number of nitrogens with zero attached hydrogens (tertiary/aromatic N) is 1. The van der Waals surface area contributed by atoms with Gasteiger partial charge in [-0.15, -0.1) is 0 Å². The molecule has 1 N–H and O–H groups in total. The summed E-state index contributed by atoms with van der Waals surface area (Å²) < 4.78 is 5.16. The van der Waals surface area contributed by atoms with Crippen molar-refractivity contribution in [2.24, 2.45) is 0 Å². The maximum Gasteiger partial charge on any atom is 0.407 e. The minimum absolute atomic E-state index is 0.179. The van der Waals surface area contributed by atoms with Gasteiger partial charge in [-0.3, -0.25) is 4.79 Å². The summed E-state index contributed by atoms with van der Waals surface area (Å²) in [4.78, 5) is 25.6. The van der Waals surface area contributed by atoms with Gasteiger partial charge in [-0.25, -0.2) is 4.79 Å². The van der Waals surface area contributed by atoms with Crippen molar-refractivity contribution in [1.82, 2.24) is 10.2 Å². The highest BCUT2D eigenvalue weighted by Crippen LogP contribution is 2.21. The van der Waals surface area contributed by atoms with Crippen LogP contribution < -0.4 is 5.32 Å². The SMILES string of the molecule is CN(C(=O)CCCNC(=O)OC(C)(C)C)C1CCCCCC1. The van der Waals surface area contributed by atoms with Crippen LogP contribution in [0.3, 0.4) is 0 Å². The van der Waals surface area contributed by atoms with Crippen molar-refractivity contribution in [3.63, 3.8) is 0 Å². The third-order valence-electron chi connectivity index (χ3n) is 4.00. The largest absolute Gasteiger partial charge is 0.444 e. The summed E-state index contributed by atoms with van der Waals surface area (Å²) in [6, 6.07) is 0.397. The lowest BCUT2D eigenvalue weighted by molar-refractivity contribution is -0.132. The van der Waals surface area contributed by atoms with Gasteiger partial charge >= 0.3 is 6.09 Å². The first kappa shape index (κ1) is 18.8. The van der Waals surface area contributed by atoms with E-state index in [4.69, 9.17) is 4.74 Å². The van der Waals surface area contributed by atoms with E-state index in [1.807, 2.05) is 32.7 Å². The smallest absolute Gasteiger partial charge is 0.407 e. The van der Waals surface area contributed by atoms with E-state index >= 15 is 0 Å². The molecule has 0 atom stereocenters. The second kappa shape index (κ2) is 9.01. The molecule has 0 bridgehead atoms. The third kappa shape index (κ3) is 7.66. The van der Waals surface area contributed by atoms with Gasteiger partial charge in [-0.1, -0.05) is 25.7 Å². The zero-order chi connectivity index (χ0) is 16.6. The molecule has 1 aliphatic carbocycles. The van der Waals surface area contributed by atoms with Crippen LogP contribution in [-0.4, -0.2) is 42.1 Å². The quantitative estimate of drug-likeness (QED) is 0.624. The van der Waals surface area contributed by atoms with Crippen molar-refractivity contribution in [1.29, 1.82) is 0 Å². The van der Waals surface area contributed by atoms with E-state index < -0.39 is 11.7 Å². The lowest BCUT2D eigenvalue weighted by Gasteiger charge is -2.27. The minimum Gasteiger partial charge on any atom is -0.444 e. The van der Waals surface area contributed by atoms with Crippen LogP contribution in [0.15, 0.2) is 0 Å². The van der Waals surface area contributed by atoms with Gasteiger partial charge in [0.1, 0.15) is 5.60 Å². The Morgan fingerprint density at radius 1 is 1.14 bits per heavy atom. The fourth-order valence-electron chi connectivity index (χ4n) is 2.77. The van der Waals surface area contributed by atoms with Crippen molar-refractivity contribution in [2.75, 3.05) is 13.6 Å². The molecule has 1 aliphatic rings. The summed E-state index contributed by atoms with van der Waals surface area (Å²) in [6.45, 7) is 5.96. The molecule has 0 unspecified atom stereocenters. The predicted molar refractivity (Wildman–Crippen MR) is 87.7 cm³/mol. The first-order valence-corrected chi connectivity index (χ1v) is 8.52. The van der Waals surface area contributed by atoms with Crippen LogP contribution in [0.25, 0.3) is 0 Å². The number of ether oxygens (including phenoxy) is 1. The number of rotatable bonds is 5. The molecule has 0 spiro atoms. The normalized spacial score (nSPS) is 16.7. The molecule has 0 heterocycles. The fraction of sp³-hybridized carbons (Fsp3) is 0.882. The number of carbonyl (C=O) groups is 2. The molecule has 0 radical (unpaired) electrons. The molecule has 22 heavy (non-hydrogen) atoms. The van der Waals surface area contributed by atoms with Crippen LogP contribution in [0.4, 0.5) is 4.79 Å². The van der Waals surface area contributed by atoms with Crippen LogP contribution in [0.5, 0.6) is 0 Å². The highest BCUT2D eigenvalue weighted by atomic mass is 16.6. The minimum atomic E-state index is -0.486. The van der Waals surface area contributed by atoms with E-state index in [1.54, 1.807) is 0 Å². The van der Waals surface area contributed by atoms with Crippen LogP contribution >= 0.6 is 0 Å². The van der Waals surface area contributed by atoms with Gasteiger partial charge in [0.25, 0.3) is 0 Å². The van der Waals surface area contributed by atoms with Gasteiger partial charge < -0.3 is 15.0 Å². The monoisotopic (exact) mass is 312 g/mol. The molecule has 1 rings (SSSR count). The van der Waals surface area contributed by atoms with Gasteiger partial charge in [0.2, 0.25) is 5.91 Å². The molecule has 0 aromatic carbocycles. The second-order valence-electron chi connectivity index (χ2n) is 7.18. The predicted octanol–water partition coefficient (Wildman–Crippen LogP) is 3.47. The van der Waals surface area contributed by atoms with Crippen molar-refractivity contribution in [3.8, 4) is 0 Å². The Labute approximate surface area is 134 Å². The van der Waals surface area contributed by atoms with Gasteiger partial charge in [-0.05, 0) is 40.0 Å². The van der Waals surface area contributed by atoms with Gasteiger partial charge in [0, 0.05) is 26.1 Å². The molecule has 5 nitrogen and oxygen atoms in total. The molecule has 128 valence electrons. The summed E-state index contributed by atoms with van der Waals surface area (Å²) in [6.07, 6.45) is 7.98. The molecule has 0 saturated heterocycles. The summed E-state index contributed by atoms with van der Waals surface area (Å²) >= 11 is 0. The van der Waals surface area contributed by atoms with Crippen molar-refractivity contribution < 1.29 is 14.3 Å². The summed E-state index contributed by atoms with van der Waals surface area (Å²) in [7, 11) is 1.92. The number of nitrogens with one attached hydrogen (secondary N) is 1. The number of alkyl carbamates (subject to hydrolysis) is 1. The third-order valence-corrected chi connectivity index (χ3v) is 4.00. The summed E-state index contributed by atoms with van der Waals surface area (Å²) in [5.41, 5.74) is -0.486. The lowest BCUT2D eigenvalue weighted by atomic mass is 10.1. The van der Waals surface area contributed by atoms with Crippen LogP contribution in [0, 0.1) is 0 Å². The molecule has 1 fully saturated rings. The Balaban J connectivity index is 2.20. The van der Waals surface area contributed by atoms with Gasteiger partial charge in [-0.2, -0.15) is 0 Å². The van der Waals surface area contributed by atoms with E-state index in [2.05, 4.69) is 5.32 Å². The Kier molecular flexibility index (Phi) is 7.69. The van der Waals surface area contributed by atoms with Gasteiger partial charge in [0.05, 0.1) is 0 Å². The Morgan fingerprint density at radius 3 is 2.27 bits per heavy atom. The average Bonchev–Trinajstić information content (AvgIpc) is 2.69. The topological polar surface area (TPSA) is 58.6 Å². The highest BCUT2D eigenvalue weighted by molar-refractivity contribution is 5.76. The molecule has 1 saturated carbocycles. The second-order valence-corrected chi connectivity index (χ2v) is 7.18. The van der Waals surface area contributed by atoms with Crippen LogP contribution in [0.2, 0.25) is 0 Å². The van der Waals surface area contributed by atoms with E-state index in [9.17, 15) is 9.59 Å². The number of amides is 2. The summed E-state index contributed by atoms with van der Waals surface area (Å²) in [5.74, 6) is 0.179. The van der Waals surface area contributed by atoms with Gasteiger partial charge in [0.15, 0.2) is 0 Å². The molecule has 0 aromatic heterocycles. The van der Waals surface area contributed by atoms with Crippen molar-refractivity contribution in [3.05, 3.63) is 0 Å². The molecule has 0 aliphatic heterocycles. The number of carbonyl (C=O) groups excluding carboxylic acids is 2. The fourth-order valence-corrected chi connectivity index (χ4v) is 2.77. The average molecular weight is 312 g/mol. The van der Waals surface area contributed by atoms with Crippen LogP contribution in [0.1, 0.15) is 72.1 Å². The zero-order valence-electron chi connectivity index (χ0n) is 14.6. The highest BCUT2D eigenvalue weighted by Gasteiger charge is 2.21. The van der Waals surface area contributed by atoms with Crippen molar-refractivity contribution in [2.45, 2.75) is 83.8 Å². The standard InChI is InChI=1S/C17H32N2O3/c1-17(2,3)22-16(21)18-13-9-12-15(20)19(4)14-10-7-5-6-8-11-14/h14H,5-13H2,1-4H3,(H,18,21). The maximum atomic E-state index is 12.2. The maximum absolute atomic E-state index is 12.2.